The lowest BCUT2D eigenvalue weighted by Crippen LogP contribution is -2.39. The number of hydrazone groups is 1. The number of para-hydroxylation sites is 1. The molecular weight excluding hydrogens is 462 g/mol. The molecule has 0 aliphatic rings. The maximum Gasteiger partial charge on any atom is 0.255 e. The maximum absolute atomic E-state index is 13.3. The molecule has 7 nitrogen and oxygen atoms in total. The summed E-state index contributed by atoms with van der Waals surface area (Å²) >= 11 is 6.06. The van der Waals surface area contributed by atoms with Crippen LogP contribution in [0.4, 0.5) is 0 Å². The highest BCUT2D eigenvalue weighted by molar-refractivity contribution is 7.89. The summed E-state index contributed by atoms with van der Waals surface area (Å²) in [7, 11) is -2.42. The molecule has 1 amide bonds. The van der Waals surface area contributed by atoms with Crippen molar-refractivity contribution in [1.29, 1.82) is 0 Å². The lowest BCUT2D eigenvalue weighted by atomic mass is 10.2. The first kappa shape index (κ1) is 24.4. The third kappa shape index (κ3) is 6.64. The average Bonchev–Trinajstić information content (AvgIpc) is 2.79. The zero-order valence-corrected chi connectivity index (χ0v) is 19.8. The van der Waals surface area contributed by atoms with Gasteiger partial charge in [0.05, 0.1) is 24.8 Å². The molecule has 1 N–H and O–H groups in total. The number of carbonyl (C=O) groups excluding carboxylic acids is 1. The first-order valence-electron chi connectivity index (χ1n) is 10.1. The van der Waals surface area contributed by atoms with Crippen LogP contribution in [0.25, 0.3) is 0 Å². The molecule has 0 spiro atoms. The fourth-order valence-electron chi connectivity index (χ4n) is 3.07. The van der Waals surface area contributed by atoms with Gasteiger partial charge in [-0.25, -0.2) is 13.8 Å². The highest BCUT2D eigenvalue weighted by atomic mass is 35.5. The number of ether oxygens (including phenoxy) is 1. The summed E-state index contributed by atoms with van der Waals surface area (Å²) in [5.41, 5.74) is 4.64. The van der Waals surface area contributed by atoms with E-state index in [1.165, 1.54) is 25.5 Å². The Hall–Kier alpha value is -3.20. The molecule has 0 heterocycles. The number of methoxy groups -OCH3 is 1. The van der Waals surface area contributed by atoms with Crippen LogP contribution in [0.15, 0.2) is 82.8 Å². The van der Waals surface area contributed by atoms with Gasteiger partial charge in [-0.2, -0.15) is 9.41 Å². The van der Waals surface area contributed by atoms with E-state index in [1.807, 2.05) is 19.1 Å². The largest absolute Gasteiger partial charge is 0.496 e. The molecule has 3 aromatic rings. The van der Waals surface area contributed by atoms with Gasteiger partial charge in [0.25, 0.3) is 5.91 Å². The second-order valence-electron chi connectivity index (χ2n) is 7.25. The molecule has 0 aromatic heterocycles. The Bertz CT molecular complexity index is 1240. The fraction of sp³-hybridized carbons (Fsp3) is 0.167. The van der Waals surface area contributed by atoms with Crippen molar-refractivity contribution < 1.29 is 17.9 Å². The Morgan fingerprint density at radius 2 is 1.82 bits per heavy atom. The van der Waals surface area contributed by atoms with Gasteiger partial charge in [-0.15, -0.1) is 0 Å². The van der Waals surface area contributed by atoms with Gasteiger partial charge in [0, 0.05) is 17.1 Å². The van der Waals surface area contributed by atoms with E-state index < -0.39 is 22.5 Å². The maximum atomic E-state index is 13.3. The van der Waals surface area contributed by atoms with E-state index in [-0.39, 0.29) is 11.4 Å². The third-order valence-electron chi connectivity index (χ3n) is 4.76. The van der Waals surface area contributed by atoms with E-state index in [2.05, 4.69) is 10.5 Å². The van der Waals surface area contributed by atoms with Crippen LogP contribution in [0.2, 0.25) is 5.02 Å². The summed E-state index contributed by atoms with van der Waals surface area (Å²) < 4.78 is 32.9. The summed E-state index contributed by atoms with van der Waals surface area (Å²) in [5, 5.41) is 4.42. The van der Waals surface area contributed by atoms with Crippen LogP contribution in [-0.2, 0) is 21.4 Å². The Labute approximate surface area is 198 Å². The van der Waals surface area contributed by atoms with Gasteiger partial charge in [0.1, 0.15) is 5.75 Å². The van der Waals surface area contributed by atoms with Crippen molar-refractivity contribution >= 4 is 33.7 Å². The average molecular weight is 486 g/mol. The van der Waals surface area contributed by atoms with Crippen molar-refractivity contribution in [2.45, 2.75) is 18.4 Å². The second-order valence-corrected chi connectivity index (χ2v) is 9.63. The molecule has 172 valence electrons. The van der Waals surface area contributed by atoms with Crippen LogP contribution in [0.3, 0.4) is 0 Å². The van der Waals surface area contributed by atoms with Crippen LogP contribution < -0.4 is 10.2 Å². The molecule has 9 heteroatoms. The van der Waals surface area contributed by atoms with E-state index in [9.17, 15) is 13.2 Å². The van der Waals surface area contributed by atoms with Crippen molar-refractivity contribution in [3.05, 3.63) is 94.5 Å². The molecule has 3 aromatic carbocycles. The van der Waals surface area contributed by atoms with Crippen molar-refractivity contribution in [3.63, 3.8) is 0 Å². The van der Waals surface area contributed by atoms with E-state index >= 15 is 0 Å². The molecule has 33 heavy (non-hydrogen) atoms. The predicted molar refractivity (Wildman–Crippen MR) is 129 cm³/mol. The summed E-state index contributed by atoms with van der Waals surface area (Å²) in [6.07, 6.45) is 1.44. The quantitative estimate of drug-likeness (QED) is 0.366. The van der Waals surface area contributed by atoms with E-state index in [1.54, 1.807) is 48.5 Å². The summed E-state index contributed by atoms with van der Waals surface area (Å²) in [5.74, 6) is 0.0129. The van der Waals surface area contributed by atoms with E-state index in [0.717, 1.165) is 9.87 Å². The molecule has 0 fully saturated rings. The first-order valence-corrected chi connectivity index (χ1v) is 11.9. The molecule has 3 rings (SSSR count). The summed E-state index contributed by atoms with van der Waals surface area (Å²) in [6, 6.07) is 20.5. The third-order valence-corrected chi connectivity index (χ3v) is 6.80. The predicted octanol–water partition coefficient (Wildman–Crippen LogP) is 4.00. The van der Waals surface area contributed by atoms with Gasteiger partial charge in [-0.1, -0.05) is 53.6 Å². The lowest BCUT2D eigenvalue weighted by molar-refractivity contribution is -0.121. The molecule has 0 bridgehead atoms. The molecule has 0 radical (unpaired) electrons. The van der Waals surface area contributed by atoms with Gasteiger partial charge < -0.3 is 4.74 Å². The smallest absolute Gasteiger partial charge is 0.255 e. The Kier molecular flexibility index (Phi) is 8.21. The van der Waals surface area contributed by atoms with Crippen LogP contribution in [-0.4, -0.2) is 38.5 Å². The number of rotatable bonds is 9. The fourth-order valence-corrected chi connectivity index (χ4v) is 4.66. The monoisotopic (exact) mass is 485 g/mol. The number of carbonyl (C=O) groups is 1. The molecular formula is C24H24ClN3O4S. The highest BCUT2D eigenvalue weighted by Crippen LogP contribution is 2.20. The van der Waals surface area contributed by atoms with Gasteiger partial charge in [-0.3, -0.25) is 4.79 Å². The topological polar surface area (TPSA) is 88.1 Å². The minimum absolute atomic E-state index is 0.0274. The highest BCUT2D eigenvalue weighted by Gasteiger charge is 2.27. The number of hydrogen-bond donors (Lipinski definition) is 1. The number of aryl methyl sites for hydroxylation is 1. The van der Waals surface area contributed by atoms with E-state index in [4.69, 9.17) is 16.3 Å². The Morgan fingerprint density at radius 3 is 2.52 bits per heavy atom. The van der Waals surface area contributed by atoms with Gasteiger partial charge in [0.15, 0.2) is 0 Å². The van der Waals surface area contributed by atoms with Crippen LogP contribution in [0.5, 0.6) is 5.75 Å². The minimum atomic E-state index is -3.95. The second kappa shape index (κ2) is 11.1. The number of nitrogens with one attached hydrogen (secondary N) is 1. The summed E-state index contributed by atoms with van der Waals surface area (Å²) in [4.78, 5) is 12.7. The zero-order chi connectivity index (χ0) is 23.8. The zero-order valence-electron chi connectivity index (χ0n) is 18.2. The SMILES string of the molecule is COc1ccccc1/C=N\NC(=O)CN(Cc1cccc(Cl)c1)S(=O)(=O)c1ccc(C)cc1. The lowest BCUT2D eigenvalue weighted by Gasteiger charge is -2.21. The van der Waals surface area contributed by atoms with Crippen LogP contribution in [0.1, 0.15) is 16.7 Å². The first-order chi connectivity index (χ1) is 15.8. The van der Waals surface area contributed by atoms with Gasteiger partial charge in [-0.05, 0) is 48.9 Å². The van der Waals surface area contributed by atoms with Crippen molar-refractivity contribution in [2.24, 2.45) is 5.10 Å². The molecule has 0 saturated heterocycles. The number of benzene rings is 3. The molecule has 0 aliphatic heterocycles. The van der Waals surface area contributed by atoms with Crippen molar-refractivity contribution in [2.75, 3.05) is 13.7 Å². The molecule has 0 aliphatic carbocycles. The minimum Gasteiger partial charge on any atom is -0.496 e. The van der Waals surface area contributed by atoms with Crippen LogP contribution >= 0.6 is 11.6 Å². The molecule has 0 unspecified atom stereocenters. The standard InChI is InChI=1S/C24H24ClN3O4S/c1-18-10-12-22(13-11-18)33(30,31)28(16-19-6-5-8-21(25)14-19)17-24(29)27-26-15-20-7-3-4-9-23(20)32-2/h3-15H,16-17H2,1-2H3,(H,27,29)/b26-15-. The number of amides is 1. The normalized spacial score (nSPS) is 11.6. The van der Waals surface area contributed by atoms with Crippen molar-refractivity contribution in [3.8, 4) is 5.75 Å². The van der Waals surface area contributed by atoms with Gasteiger partial charge in [0.2, 0.25) is 10.0 Å². The Morgan fingerprint density at radius 1 is 1.09 bits per heavy atom. The number of sulfonamides is 1. The van der Waals surface area contributed by atoms with Crippen LogP contribution in [0, 0.1) is 6.92 Å². The Balaban J connectivity index is 1.80. The van der Waals surface area contributed by atoms with E-state index in [0.29, 0.717) is 21.9 Å². The van der Waals surface area contributed by atoms with Crippen molar-refractivity contribution in [1.82, 2.24) is 9.73 Å². The molecule has 0 saturated carbocycles. The summed E-state index contributed by atoms with van der Waals surface area (Å²) in [6.45, 7) is 1.42. The number of halogens is 1. The molecule has 0 atom stereocenters. The van der Waals surface area contributed by atoms with Gasteiger partial charge >= 0.3 is 0 Å². The number of nitrogens with zero attached hydrogens (tertiary/aromatic N) is 2. The number of hydrogen-bond acceptors (Lipinski definition) is 5.